The molecule has 1 heterocycles. The van der Waals surface area contributed by atoms with Gasteiger partial charge in [-0.3, -0.25) is 4.99 Å². The monoisotopic (exact) mass is 381 g/mol. The number of hydrogen-bond donors (Lipinski definition) is 2. The zero-order valence-electron chi connectivity index (χ0n) is 16.0. The van der Waals surface area contributed by atoms with Crippen molar-refractivity contribution in [2.75, 3.05) is 38.8 Å². The Kier molecular flexibility index (Phi) is 7.46. The van der Waals surface area contributed by atoms with E-state index >= 15 is 0 Å². The zero-order valence-corrected chi connectivity index (χ0v) is 16.8. The van der Waals surface area contributed by atoms with Crippen LogP contribution in [0.5, 0.6) is 0 Å². The van der Waals surface area contributed by atoms with Gasteiger partial charge in [0.1, 0.15) is 9.84 Å². The molecule has 0 aliphatic carbocycles. The molecule has 7 heteroatoms. The highest BCUT2D eigenvalue weighted by molar-refractivity contribution is 7.90. The predicted octanol–water partition coefficient (Wildman–Crippen LogP) is 1.72. The van der Waals surface area contributed by atoms with Gasteiger partial charge in [0.25, 0.3) is 0 Å². The predicted molar refractivity (Wildman–Crippen MR) is 106 cm³/mol. The zero-order chi connectivity index (χ0) is 19.0. The maximum absolute atomic E-state index is 11.3. The number of benzene rings is 1. The van der Waals surface area contributed by atoms with Crippen molar-refractivity contribution in [2.24, 2.45) is 4.99 Å². The summed E-state index contributed by atoms with van der Waals surface area (Å²) >= 11 is 0. The quantitative estimate of drug-likeness (QED) is 0.555. The third-order valence-electron chi connectivity index (χ3n) is 4.96. The van der Waals surface area contributed by atoms with E-state index in [0.29, 0.717) is 12.4 Å². The van der Waals surface area contributed by atoms with E-state index in [1.807, 2.05) is 13.0 Å². The van der Waals surface area contributed by atoms with E-state index in [2.05, 4.69) is 39.9 Å². The summed E-state index contributed by atoms with van der Waals surface area (Å²) in [5, 5.41) is 6.73. The molecule has 0 saturated carbocycles. The summed E-state index contributed by atoms with van der Waals surface area (Å²) in [5.74, 6) is 0.872. The Bertz CT molecular complexity index is 683. The van der Waals surface area contributed by atoms with Crippen molar-refractivity contribution in [1.29, 1.82) is 0 Å². The van der Waals surface area contributed by atoms with E-state index in [0.717, 1.165) is 32.6 Å². The molecule has 1 aliphatic heterocycles. The third-order valence-corrected chi connectivity index (χ3v) is 5.94. The van der Waals surface area contributed by atoms with Crippen LogP contribution in [-0.2, 0) is 20.0 Å². The molecule has 1 aromatic carbocycles. The summed E-state index contributed by atoms with van der Waals surface area (Å²) in [4.78, 5) is 4.30. The minimum absolute atomic E-state index is 0.0210. The smallest absolute Gasteiger partial charge is 0.191 e. The molecule has 0 amide bonds. The minimum atomic E-state index is -2.95. The van der Waals surface area contributed by atoms with Crippen LogP contribution in [0.15, 0.2) is 35.3 Å². The molecule has 6 nitrogen and oxygen atoms in total. The van der Waals surface area contributed by atoms with Crippen LogP contribution in [0.4, 0.5) is 0 Å². The molecule has 1 aromatic rings. The van der Waals surface area contributed by atoms with E-state index in [1.165, 1.54) is 11.8 Å². The van der Waals surface area contributed by atoms with E-state index in [9.17, 15) is 8.42 Å². The van der Waals surface area contributed by atoms with Crippen LogP contribution >= 0.6 is 0 Å². The maximum atomic E-state index is 11.3. The van der Waals surface area contributed by atoms with Crippen LogP contribution in [0.2, 0.25) is 0 Å². The van der Waals surface area contributed by atoms with Gasteiger partial charge in [-0.25, -0.2) is 8.42 Å². The average molecular weight is 382 g/mol. The fourth-order valence-electron chi connectivity index (χ4n) is 3.27. The third kappa shape index (κ3) is 6.29. The van der Waals surface area contributed by atoms with Crippen LogP contribution < -0.4 is 10.6 Å². The number of ether oxygens (including phenoxy) is 1. The highest BCUT2D eigenvalue weighted by Gasteiger charge is 2.34. The van der Waals surface area contributed by atoms with Crippen molar-refractivity contribution in [3.05, 3.63) is 35.9 Å². The summed E-state index contributed by atoms with van der Waals surface area (Å²) in [6, 6.07) is 10.6. The summed E-state index contributed by atoms with van der Waals surface area (Å²) in [6.45, 7) is 4.25. The molecule has 2 rings (SSSR count). The Hall–Kier alpha value is -1.60. The molecule has 0 aromatic heterocycles. The van der Waals surface area contributed by atoms with Crippen molar-refractivity contribution in [3.63, 3.8) is 0 Å². The SMILES string of the molecule is CN=C(NCC1(c2ccccc2)CCOCC1)NC(C)CCS(C)(=O)=O. The van der Waals surface area contributed by atoms with E-state index in [-0.39, 0.29) is 17.2 Å². The highest BCUT2D eigenvalue weighted by Crippen LogP contribution is 2.34. The first-order valence-corrected chi connectivity index (χ1v) is 11.2. The number of rotatable bonds is 7. The standard InChI is InChI=1S/C19H31N3O3S/c1-16(9-14-26(3,23)24)22-18(20-2)21-15-19(10-12-25-13-11-19)17-7-5-4-6-8-17/h4-8,16H,9-15H2,1-3H3,(H2,20,21,22). The van der Waals surface area contributed by atoms with Crippen LogP contribution in [0.1, 0.15) is 31.7 Å². The molecular formula is C19H31N3O3S. The molecule has 1 aliphatic rings. The molecule has 1 fully saturated rings. The molecular weight excluding hydrogens is 350 g/mol. The van der Waals surface area contributed by atoms with Crippen molar-refractivity contribution in [1.82, 2.24) is 10.6 Å². The summed E-state index contributed by atoms with van der Waals surface area (Å²) in [7, 11) is -1.22. The lowest BCUT2D eigenvalue weighted by molar-refractivity contribution is 0.0513. The molecule has 1 atom stereocenters. The van der Waals surface area contributed by atoms with Crippen molar-refractivity contribution < 1.29 is 13.2 Å². The molecule has 1 saturated heterocycles. The second-order valence-electron chi connectivity index (χ2n) is 7.15. The number of nitrogens with zero attached hydrogens (tertiary/aromatic N) is 1. The van der Waals surface area contributed by atoms with Crippen LogP contribution in [0, 0.1) is 0 Å². The van der Waals surface area contributed by atoms with Gasteiger partial charge < -0.3 is 15.4 Å². The normalized spacial score (nSPS) is 19.0. The van der Waals surface area contributed by atoms with Gasteiger partial charge in [0.05, 0.1) is 5.75 Å². The first-order valence-electron chi connectivity index (χ1n) is 9.13. The first-order chi connectivity index (χ1) is 12.3. The molecule has 0 spiro atoms. The summed E-state index contributed by atoms with van der Waals surface area (Å²) < 4.78 is 28.3. The summed E-state index contributed by atoms with van der Waals surface area (Å²) in [5.41, 5.74) is 1.34. The van der Waals surface area contributed by atoms with Gasteiger partial charge in [0.15, 0.2) is 5.96 Å². The van der Waals surface area contributed by atoms with E-state index in [4.69, 9.17) is 4.74 Å². The molecule has 146 valence electrons. The number of hydrogen-bond acceptors (Lipinski definition) is 4. The second kappa shape index (κ2) is 9.37. The largest absolute Gasteiger partial charge is 0.381 e. The Labute approximate surface area is 157 Å². The fraction of sp³-hybridized carbons (Fsp3) is 0.632. The number of guanidine groups is 1. The number of aliphatic imine (C=N–C) groups is 1. The van der Waals surface area contributed by atoms with Gasteiger partial charge in [-0.15, -0.1) is 0 Å². The van der Waals surface area contributed by atoms with Crippen molar-refractivity contribution >= 4 is 15.8 Å². The van der Waals surface area contributed by atoms with Crippen LogP contribution in [0.25, 0.3) is 0 Å². The molecule has 2 N–H and O–H groups in total. The van der Waals surface area contributed by atoms with Crippen LogP contribution in [0.3, 0.4) is 0 Å². The summed E-state index contributed by atoms with van der Waals surface area (Å²) in [6.07, 6.45) is 3.74. The second-order valence-corrected chi connectivity index (χ2v) is 9.41. The molecule has 0 bridgehead atoms. The number of nitrogens with one attached hydrogen (secondary N) is 2. The number of sulfone groups is 1. The lowest BCUT2D eigenvalue weighted by atomic mass is 9.74. The van der Waals surface area contributed by atoms with Gasteiger partial charge in [0.2, 0.25) is 0 Å². The lowest BCUT2D eigenvalue weighted by Gasteiger charge is -2.38. The first kappa shape index (κ1) is 20.7. The van der Waals surface area contributed by atoms with E-state index < -0.39 is 9.84 Å². The fourth-order valence-corrected chi connectivity index (χ4v) is 4.05. The van der Waals surface area contributed by atoms with Crippen molar-refractivity contribution in [2.45, 2.75) is 37.6 Å². The van der Waals surface area contributed by atoms with Gasteiger partial charge >= 0.3 is 0 Å². The Morgan fingerprint density at radius 1 is 1.27 bits per heavy atom. The van der Waals surface area contributed by atoms with E-state index in [1.54, 1.807) is 7.05 Å². The Morgan fingerprint density at radius 3 is 2.50 bits per heavy atom. The maximum Gasteiger partial charge on any atom is 0.191 e. The average Bonchev–Trinajstić information content (AvgIpc) is 2.64. The molecule has 26 heavy (non-hydrogen) atoms. The minimum Gasteiger partial charge on any atom is -0.381 e. The Balaban J connectivity index is 1.98. The van der Waals surface area contributed by atoms with Crippen LogP contribution in [-0.4, -0.2) is 59.2 Å². The highest BCUT2D eigenvalue weighted by atomic mass is 32.2. The molecule has 0 radical (unpaired) electrons. The molecule has 1 unspecified atom stereocenters. The Morgan fingerprint density at radius 2 is 1.92 bits per heavy atom. The topological polar surface area (TPSA) is 79.8 Å². The lowest BCUT2D eigenvalue weighted by Crippen LogP contribution is -2.49. The van der Waals surface area contributed by atoms with Gasteiger partial charge in [-0.1, -0.05) is 30.3 Å². The van der Waals surface area contributed by atoms with Gasteiger partial charge in [-0.2, -0.15) is 0 Å². The van der Waals surface area contributed by atoms with Gasteiger partial charge in [0, 0.05) is 44.5 Å². The van der Waals surface area contributed by atoms with Crippen molar-refractivity contribution in [3.8, 4) is 0 Å². The van der Waals surface area contributed by atoms with Gasteiger partial charge in [-0.05, 0) is 31.7 Å².